The second kappa shape index (κ2) is 4.70. The first-order chi connectivity index (χ1) is 9.18. The van der Waals surface area contributed by atoms with Crippen LogP contribution in [0.2, 0.25) is 0 Å². The van der Waals surface area contributed by atoms with Gasteiger partial charge in [-0.1, -0.05) is 30.7 Å². The van der Waals surface area contributed by atoms with Gasteiger partial charge in [-0.2, -0.15) is 5.10 Å². The van der Waals surface area contributed by atoms with E-state index in [1.807, 2.05) is 18.2 Å². The van der Waals surface area contributed by atoms with Crippen LogP contribution in [0.15, 0.2) is 30.5 Å². The van der Waals surface area contributed by atoms with Gasteiger partial charge in [-0.25, -0.2) is 0 Å². The molecule has 0 spiro atoms. The molecule has 100 valence electrons. The highest BCUT2D eigenvalue weighted by molar-refractivity contribution is 5.46. The fourth-order valence-electron chi connectivity index (χ4n) is 2.69. The maximum atomic E-state index is 10.6. The van der Waals surface area contributed by atoms with Gasteiger partial charge in [0.2, 0.25) is 0 Å². The van der Waals surface area contributed by atoms with E-state index in [-0.39, 0.29) is 0 Å². The van der Waals surface area contributed by atoms with E-state index in [2.05, 4.69) is 11.2 Å². The topological polar surface area (TPSA) is 64.1 Å². The average molecular weight is 257 g/mol. The van der Waals surface area contributed by atoms with E-state index in [9.17, 15) is 5.11 Å². The van der Waals surface area contributed by atoms with Crippen LogP contribution in [-0.4, -0.2) is 14.9 Å². The van der Waals surface area contributed by atoms with E-state index in [1.54, 1.807) is 17.9 Å². The van der Waals surface area contributed by atoms with Gasteiger partial charge >= 0.3 is 0 Å². The average Bonchev–Trinajstić information content (AvgIpc) is 2.68. The SMILES string of the molecule is Cn1ncc(C(O)c2ccccc2C2CCC2)c1N. The summed E-state index contributed by atoms with van der Waals surface area (Å²) >= 11 is 0. The van der Waals surface area contributed by atoms with Crippen LogP contribution >= 0.6 is 0 Å². The Bertz CT molecular complexity index is 587. The zero-order valence-electron chi connectivity index (χ0n) is 11.1. The molecule has 1 aromatic heterocycles. The Morgan fingerprint density at radius 3 is 2.63 bits per heavy atom. The number of nitrogens with two attached hydrogens (primary N) is 1. The molecule has 1 unspecified atom stereocenters. The quantitative estimate of drug-likeness (QED) is 0.887. The lowest BCUT2D eigenvalue weighted by molar-refractivity contribution is 0.217. The molecule has 1 saturated carbocycles. The van der Waals surface area contributed by atoms with E-state index in [4.69, 9.17) is 5.73 Å². The molecule has 1 aliphatic rings. The number of aliphatic hydroxyl groups excluding tert-OH is 1. The van der Waals surface area contributed by atoms with Crippen LogP contribution in [-0.2, 0) is 7.05 Å². The maximum absolute atomic E-state index is 10.6. The van der Waals surface area contributed by atoms with Crippen molar-refractivity contribution in [2.75, 3.05) is 5.73 Å². The molecule has 3 N–H and O–H groups in total. The van der Waals surface area contributed by atoms with E-state index in [1.165, 1.54) is 24.8 Å². The minimum atomic E-state index is -0.689. The second-order valence-electron chi connectivity index (χ2n) is 5.27. The monoisotopic (exact) mass is 257 g/mol. The number of aryl methyl sites for hydroxylation is 1. The molecule has 0 amide bonds. The molecule has 2 aromatic rings. The lowest BCUT2D eigenvalue weighted by Crippen LogP contribution is -2.14. The molecular formula is C15H19N3O. The maximum Gasteiger partial charge on any atom is 0.127 e. The first kappa shape index (κ1) is 12.2. The highest BCUT2D eigenvalue weighted by Crippen LogP contribution is 2.41. The molecule has 1 heterocycles. The molecular weight excluding hydrogens is 238 g/mol. The van der Waals surface area contributed by atoms with Crippen LogP contribution in [0.3, 0.4) is 0 Å². The minimum Gasteiger partial charge on any atom is -0.384 e. The Kier molecular flexibility index (Phi) is 3.03. The van der Waals surface area contributed by atoms with Crippen LogP contribution in [0.5, 0.6) is 0 Å². The Labute approximate surface area is 112 Å². The van der Waals surface area contributed by atoms with Crippen molar-refractivity contribution in [1.82, 2.24) is 9.78 Å². The molecule has 0 saturated heterocycles. The van der Waals surface area contributed by atoms with Crippen molar-refractivity contribution in [3.8, 4) is 0 Å². The smallest absolute Gasteiger partial charge is 0.127 e. The first-order valence-corrected chi connectivity index (χ1v) is 6.72. The summed E-state index contributed by atoms with van der Waals surface area (Å²) in [5.74, 6) is 1.11. The summed E-state index contributed by atoms with van der Waals surface area (Å²) in [6.45, 7) is 0. The predicted molar refractivity (Wildman–Crippen MR) is 74.7 cm³/mol. The highest BCUT2D eigenvalue weighted by atomic mass is 16.3. The van der Waals surface area contributed by atoms with Crippen molar-refractivity contribution in [1.29, 1.82) is 0 Å². The lowest BCUT2D eigenvalue weighted by atomic mass is 9.77. The van der Waals surface area contributed by atoms with Crippen LogP contribution in [0.4, 0.5) is 5.82 Å². The van der Waals surface area contributed by atoms with E-state index in [0.717, 1.165) is 5.56 Å². The number of nitrogen functional groups attached to an aromatic ring is 1. The summed E-state index contributed by atoms with van der Waals surface area (Å²) in [5, 5.41) is 14.7. The van der Waals surface area contributed by atoms with Crippen LogP contribution < -0.4 is 5.73 Å². The lowest BCUT2D eigenvalue weighted by Gasteiger charge is -2.29. The standard InChI is InChI=1S/C15H19N3O/c1-18-15(16)13(9-17-18)14(19)12-8-3-2-7-11(12)10-5-4-6-10/h2-3,7-10,14,19H,4-6,16H2,1H3. The zero-order valence-corrected chi connectivity index (χ0v) is 11.1. The number of anilines is 1. The van der Waals surface area contributed by atoms with Crippen molar-refractivity contribution in [3.63, 3.8) is 0 Å². The molecule has 4 nitrogen and oxygen atoms in total. The Morgan fingerprint density at radius 1 is 1.32 bits per heavy atom. The van der Waals surface area contributed by atoms with Crippen molar-refractivity contribution in [3.05, 3.63) is 47.2 Å². The molecule has 1 fully saturated rings. The fourth-order valence-corrected chi connectivity index (χ4v) is 2.69. The molecule has 19 heavy (non-hydrogen) atoms. The Hall–Kier alpha value is -1.81. The number of hydrogen-bond donors (Lipinski definition) is 2. The molecule has 1 aromatic carbocycles. The summed E-state index contributed by atoms with van der Waals surface area (Å²) < 4.78 is 1.59. The molecule has 1 aliphatic carbocycles. The number of aliphatic hydroxyl groups is 1. The molecule has 1 atom stereocenters. The van der Waals surface area contributed by atoms with Gasteiger partial charge in [0.1, 0.15) is 11.9 Å². The molecule has 0 bridgehead atoms. The number of benzene rings is 1. The van der Waals surface area contributed by atoms with Crippen LogP contribution in [0, 0.1) is 0 Å². The van der Waals surface area contributed by atoms with Gasteiger partial charge in [-0.3, -0.25) is 4.68 Å². The molecule has 4 heteroatoms. The van der Waals surface area contributed by atoms with Gasteiger partial charge in [0.15, 0.2) is 0 Å². The minimum absolute atomic E-state index is 0.524. The first-order valence-electron chi connectivity index (χ1n) is 6.72. The van der Waals surface area contributed by atoms with Crippen molar-refractivity contribution in [2.45, 2.75) is 31.3 Å². The van der Waals surface area contributed by atoms with E-state index >= 15 is 0 Å². The van der Waals surface area contributed by atoms with Crippen LogP contribution in [0.1, 0.15) is 48.0 Å². The Balaban J connectivity index is 1.99. The summed E-state index contributed by atoms with van der Waals surface area (Å²) in [6, 6.07) is 8.11. The van der Waals surface area contributed by atoms with Crippen molar-refractivity contribution >= 4 is 5.82 Å². The summed E-state index contributed by atoms with van der Waals surface area (Å²) in [7, 11) is 1.78. The normalized spacial score (nSPS) is 17.2. The fraction of sp³-hybridized carbons (Fsp3) is 0.400. The zero-order chi connectivity index (χ0) is 13.4. The van der Waals surface area contributed by atoms with Gasteiger partial charge in [-0.05, 0) is 29.9 Å². The largest absolute Gasteiger partial charge is 0.384 e. The number of hydrogen-bond acceptors (Lipinski definition) is 3. The summed E-state index contributed by atoms with van der Waals surface area (Å²) in [6.07, 6.45) is 4.67. The van der Waals surface area contributed by atoms with Gasteiger partial charge in [0.25, 0.3) is 0 Å². The molecule has 0 radical (unpaired) electrons. The van der Waals surface area contributed by atoms with Gasteiger partial charge in [0.05, 0.1) is 6.20 Å². The second-order valence-corrected chi connectivity index (χ2v) is 5.27. The molecule has 3 rings (SSSR count). The third-order valence-corrected chi connectivity index (χ3v) is 4.14. The number of nitrogens with zero attached hydrogens (tertiary/aromatic N) is 2. The number of aromatic nitrogens is 2. The Morgan fingerprint density at radius 2 is 2.05 bits per heavy atom. The van der Waals surface area contributed by atoms with Crippen molar-refractivity contribution < 1.29 is 5.11 Å². The van der Waals surface area contributed by atoms with Crippen molar-refractivity contribution in [2.24, 2.45) is 7.05 Å². The van der Waals surface area contributed by atoms with Gasteiger partial charge in [-0.15, -0.1) is 0 Å². The summed E-state index contributed by atoms with van der Waals surface area (Å²) in [4.78, 5) is 0. The van der Waals surface area contributed by atoms with E-state index < -0.39 is 6.10 Å². The number of rotatable bonds is 3. The van der Waals surface area contributed by atoms with Crippen LogP contribution in [0.25, 0.3) is 0 Å². The van der Waals surface area contributed by atoms with Gasteiger partial charge < -0.3 is 10.8 Å². The van der Waals surface area contributed by atoms with Gasteiger partial charge in [0, 0.05) is 12.6 Å². The molecule has 0 aliphatic heterocycles. The highest BCUT2D eigenvalue weighted by Gasteiger charge is 2.26. The van der Waals surface area contributed by atoms with E-state index in [0.29, 0.717) is 17.3 Å². The predicted octanol–water partition coefficient (Wildman–Crippen LogP) is 2.35. The third kappa shape index (κ3) is 2.02. The summed E-state index contributed by atoms with van der Waals surface area (Å²) in [5.41, 5.74) is 8.86. The third-order valence-electron chi connectivity index (χ3n) is 4.14.